The maximum absolute atomic E-state index is 12.6. The van der Waals surface area contributed by atoms with E-state index >= 15 is 0 Å². The van der Waals surface area contributed by atoms with E-state index < -0.39 is 0 Å². The number of aryl methyl sites for hydroxylation is 1. The van der Waals surface area contributed by atoms with Gasteiger partial charge in [-0.25, -0.2) is 0 Å². The summed E-state index contributed by atoms with van der Waals surface area (Å²) in [5.74, 6) is 0.609. The Morgan fingerprint density at radius 1 is 0.848 bits per heavy atom. The third kappa shape index (κ3) is 6.07. The van der Waals surface area contributed by atoms with Gasteiger partial charge < -0.3 is 15.4 Å². The van der Waals surface area contributed by atoms with Crippen LogP contribution in [0.15, 0.2) is 91.0 Å². The van der Waals surface area contributed by atoms with Gasteiger partial charge in [0, 0.05) is 18.8 Å². The molecule has 4 rings (SSSR count). The van der Waals surface area contributed by atoms with E-state index in [0.29, 0.717) is 23.9 Å². The molecule has 1 aromatic heterocycles. The molecular weight excluding hydrogens is 416 g/mol. The predicted octanol–water partition coefficient (Wildman–Crippen LogP) is 4.43. The number of amides is 2. The van der Waals surface area contributed by atoms with Gasteiger partial charge in [0.15, 0.2) is 5.69 Å². The van der Waals surface area contributed by atoms with Crippen LogP contribution in [0.4, 0.5) is 11.5 Å². The second kappa shape index (κ2) is 10.3. The first-order chi connectivity index (χ1) is 16.1. The van der Waals surface area contributed by atoms with Gasteiger partial charge in [-0.05, 0) is 35.4 Å². The molecule has 4 aromatic rings. The van der Waals surface area contributed by atoms with E-state index in [-0.39, 0.29) is 23.9 Å². The Morgan fingerprint density at radius 3 is 2.15 bits per heavy atom. The van der Waals surface area contributed by atoms with E-state index in [0.717, 1.165) is 11.1 Å². The lowest BCUT2D eigenvalue weighted by atomic mass is 10.1. The first kappa shape index (κ1) is 21.8. The second-order valence-electron chi connectivity index (χ2n) is 7.50. The van der Waals surface area contributed by atoms with E-state index in [1.807, 2.05) is 60.7 Å². The molecule has 33 heavy (non-hydrogen) atoms. The summed E-state index contributed by atoms with van der Waals surface area (Å²) < 4.78 is 7.24. The van der Waals surface area contributed by atoms with Crippen molar-refractivity contribution in [1.82, 2.24) is 9.78 Å². The molecule has 0 saturated heterocycles. The monoisotopic (exact) mass is 440 g/mol. The van der Waals surface area contributed by atoms with Gasteiger partial charge >= 0.3 is 0 Å². The number of benzene rings is 3. The largest absolute Gasteiger partial charge is 0.489 e. The first-order valence-corrected chi connectivity index (χ1v) is 10.5. The molecule has 0 fully saturated rings. The quantitative estimate of drug-likeness (QED) is 0.424. The minimum Gasteiger partial charge on any atom is -0.489 e. The molecule has 0 aliphatic rings. The van der Waals surface area contributed by atoms with E-state index in [9.17, 15) is 9.59 Å². The van der Waals surface area contributed by atoms with Crippen molar-refractivity contribution in [2.24, 2.45) is 7.05 Å². The number of hydrogen-bond donors (Lipinski definition) is 2. The zero-order chi connectivity index (χ0) is 23.0. The molecule has 0 saturated carbocycles. The summed E-state index contributed by atoms with van der Waals surface area (Å²) in [5, 5.41) is 9.82. The fourth-order valence-electron chi connectivity index (χ4n) is 3.23. The zero-order valence-corrected chi connectivity index (χ0v) is 18.2. The number of anilines is 2. The Bertz CT molecular complexity index is 1220. The number of ether oxygens (including phenoxy) is 1. The lowest BCUT2D eigenvalue weighted by Gasteiger charge is -2.08. The highest BCUT2D eigenvalue weighted by Gasteiger charge is 2.15. The van der Waals surface area contributed by atoms with Crippen molar-refractivity contribution >= 4 is 23.3 Å². The minimum atomic E-state index is -0.368. The molecular formula is C26H24N4O3. The van der Waals surface area contributed by atoms with Crippen LogP contribution < -0.4 is 15.4 Å². The predicted molar refractivity (Wildman–Crippen MR) is 127 cm³/mol. The molecule has 0 aliphatic carbocycles. The van der Waals surface area contributed by atoms with E-state index in [1.165, 1.54) is 4.68 Å². The zero-order valence-electron chi connectivity index (χ0n) is 18.2. The van der Waals surface area contributed by atoms with Gasteiger partial charge in [0.2, 0.25) is 5.91 Å². The molecule has 0 aliphatic heterocycles. The van der Waals surface area contributed by atoms with Crippen LogP contribution in [-0.4, -0.2) is 21.6 Å². The maximum Gasteiger partial charge on any atom is 0.276 e. The van der Waals surface area contributed by atoms with E-state index in [4.69, 9.17) is 4.74 Å². The SMILES string of the molecule is Cn1nc(C(=O)Nc2ccc(OCc3ccccc3)cc2)cc1NC(=O)Cc1ccccc1. The van der Waals surface area contributed by atoms with Gasteiger partial charge in [0.25, 0.3) is 5.91 Å². The number of nitrogens with zero attached hydrogens (tertiary/aromatic N) is 2. The van der Waals surface area contributed by atoms with Crippen LogP contribution in [0.3, 0.4) is 0 Å². The Hall–Kier alpha value is -4.39. The van der Waals surface area contributed by atoms with Crippen LogP contribution in [0.1, 0.15) is 21.6 Å². The Labute approximate surface area is 192 Å². The van der Waals surface area contributed by atoms with Crippen LogP contribution in [0.2, 0.25) is 0 Å². The van der Waals surface area contributed by atoms with Gasteiger partial charge in [-0.1, -0.05) is 60.7 Å². The molecule has 0 atom stereocenters. The highest BCUT2D eigenvalue weighted by atomic mass is 16.5. The van der Waals surface area contributed by atoms with Gasteiger partial charge in [-0.2, -0.15) is 5.10 Å². The van der Waals surface area contributed by atoms with Gasteiger partial charge in [-0.15, -0.1) is 0 Å². The third-order valence-electron chi connectivity index (χ3n) is 4.95. The summed E-state index contributed by atoms with van der Waals surface area (Å²) in [4.78, 5) is 24.9. The van der Waals surface area contributed by atoms with Crippen LogP contribution >= 0.6 is 0 Å². The van der Waals surface area contributed by atoms with Gasteiger partial charge in [-0.3, -0.25) is 14.3 Å². The van der Waals surface area contributed by atoms with Crippen molar-refractivity contribution in [2.45, 2.75) is 13.0 Å². The maximum atomic E-state index is 12.6. The summed E-state index contributed by atoms with van der Waals surface area (Å²) in [6.45, 7) is 0.471. The number of nitrogens with one attached hydrogen (secondary N) is 2. The molecule has 1 heterocycles. The van der Waals surface area contributed by atoms with Crippen LogP contribution in [0, 0.1) is 0 Å². The Balaban J connectivity index is 1.32. The Kier molecular flexibility index (Phi) is 6.80. The van der Waals surface area contributed by atoms with E-state index in [2.05, 4.69) is 15.7 Å². The van der Waals surface area contributed by atoms with Crippen molar-refractivity contribution in [1.29, 1.82) is 0 Å². The lowest BCUT2D eigenvalue weighted by molar-refractivity contribution is -0.115. The third-order valence-corrected chi connectivity index (χ3v) is 4.95. The molecule has 0 radical (unpaired) electrons. The van der Waals surface area contributed by atoms with Crippen molar-refractivity contribution < 1.29 is 14.3 Å². The molecule has 7 heteroatoms. The Morgan fingerprint density at radius 2 is 1.48 bits per heavy atom. The standard InChI is InChI=1S/C26H24N4O3/c1-30-24(28-25(31)16-19-8-4-2-5-9-19)17-23(29-30)26(32)27-21-12-14-22(15-13-21)33-18-20-10-6-3-7-11-20/h2-15,17H,16,18H2,1H3,(H,27,32)(H,28,31). The van der Waals surface area contributed by atoms with Gasteiger partial charge in [0.05, 0.1) is 6.42 Å². The van der Waals surface area contributed by atoms with Crippen molar-refractivity contribution in [3.63, 3.8) is 0 Å². The summed E-state index contributed by atoms with van der Waals surface area (Å²) >= 11 is 0. The molecule has 3 aromatic carbocycles. The molecule has 0 unspecified atom stereocenters. The number of aromatic nitrogens is 2. The smallest absolute Gasteiger partial charge is 0.276 e. The fraction of sp³-hybridized carbons (Fsp3) is 0.115. The number of hydrogen-bond acceptors (Lipinski definition) is 4. The molecule has 7 nitrogen and oxygen atoms in total. The summed E-state index contributed by atoms with van der Waals surface area (Å²) in [7, 11) is 1.67. The first-order valence-electron chi connectivity index (χ1n) is 10.5. The number of rotatable bonds is 8. The molecule has 2 N–H and O–H groups in total. The van der Waals surface area contributed by atoms with Gasteiger partial charge in [0.1, 0.15) is 18.2 Å². The average Bonchev–Trinajstić information content (AvgIpc) is 3.20. The lowest BCUT2D eigenvalue weighted by Crippen LogP contribution is -2.16. The highest BCUT2D eigenvalue weighted by molar-refractivity contribution is 6.04. The normalized spacial score (nSPS) is 10.5. The van der Waals surface area contributed by atoms with Crippen LogP contribution in [0.5, 0.6) is 5.75 Å². The van der Waals surface area contributed by atoms with Crippen LogP contribution in [0.25, 0.3) is 0 Å². The second-order valence-corrected chi connectivity index (χ2v) is 7.50. The molecule has 0 bridgehead atoms. The topological polar surface area (TPSA) is 85.2 Å². The molecule has 2 amide bonds. The molecule has 166 valence electrons. The minimum absolute atomic E-state index is 0.178. The summed E-state index contributed by atoms with van der Waals surface area (Å²) in [5.41, 5.74) is 2.81. The fourth-order valence-corrected chi connectivity index (χ4v) is 3.23. The van der Waals surface area contributed by atoms with Crippen molar-refractivity contribution in [3.05, 3.63) is 108 Å². The van der Waals surface area contributed by atoms with Crippen LogP contribution in [-0.2, 0) is 24.9 Å². The van der Waals surface area contributed by atoms with E-state index in [1.54, 1.807) is 37.4 Å². The van der Waals surface area contributed by atoms with Crippen molar-refractivity contribution in [2.75, 3.05) is 10.6 Å². The average molecular weight is 441 g/mol. The summed E-state index contributed by atoms with van der Waals surface area (Å²) in [6, 6.07) is 28.0. The number of carbonyl (C=O) groups excluding carboxylic acids is 2. The molecule has 0 spiro atoms. The highest BCUT2D eigenvalue weighted by Crippen LogP contribution is 2.18. The van der Waals surface area contributed by atoms with Crippen molar-refractivity contribution in [3.8, 4) is 5.75 Å². The summed E-state index contributed by atoms with van der Waals surface area (Å²) in [6.07, 6.45) is 0.242. The number of carbonyl (C=O) groups is 2.